The van der Waals surface area contributed by atoms with Gasteiger partial charge in [-0.2, -0.15) is 0 Å². The number of carboxylic acids is 2. The Bertz CT molecular complexity index is 1270. The number of carboxylic acid groups (broad SMARTS) is 2. The number of hydrogen-bond donors (Lipinski definition) is 9. The molecule has 0 radical (unpaired) electrons. The highest BCUT2D eigenvalue weighted by Gasteiger charge is 2.32. The number of nitrogens with two attached hydrogens (primary N) is 3. The van der Waals surface area contributed by atoms with Gasteiger partial charge in [0.25, 0.3) is 0 Å². The number of carbonyl (C=O) groups excluding carboxylic acids is 3. The minimum Gasteiger partial charge on any atom is -0.481 e. The summed E-state index contributed by atoms with van der Waals surface area (Å²) in [5.41, 5.74) is 17.7. The summed E-state index contributed by atoms with van der Waals surface area (Å²) in [6.07, 6.45) is 1.35. The lowest BCUT2D eigenvalue weighted by molar-refractivity contribution is -0.142. The highest BCUT2D eigenvalue weighted by Crippen LogP contribution is 2.19. The molecule has 0 saturated heterocycles. The van der Waals surface area contributed by atoms with Gasteiger partial charge in [-0.3, -0.25) is 24.2 Å². The van der Waals surface area contributed by atoms with Crippen LogP contribution in [0.1, 0.15) is 38.7 Å². The predicted molar refractivity (Wildman–Crippen MR) is 150 cm³/mol. The van der Waals surface area contributed by atoms with E-state index >= 15 is 0 Å². The number of guanidine groups is 1. The van der Waals surface area contributed by atoms with Crippen molar-refractivity contribution in [2.24, 2.45) is 28.1 Å². The van der Waals surface area contributed by atoms with Crippen LogP contribution in [0.2, 0.25) is 0 Å². The molecule has 0 spiro atoms. The molecule has 2 aromatic rings. The second-order valence-electron chi connectivity index (χ2n) is 9.91. The highest BCUT2D eigenvalue weighted by atomic mass is 16.4. The Morgan fingerprint density at radius 2 is 1.61 bits per heavy atom. The van der Waals surface area contributed by atoms with Crippen LogP contribution in [0.5, 0.6) is 0 Å². The zero-order chi connectivity index (χ0) is 30.7. The molecule has 0 aliphatic heterocycles. The molecule has 3 amide bonds. The zero-order valence-electron chi connectivity index (χ0n) is 22.9. The summed E-state index contributed by atoms with van der Waals surface area (Å²) in [5.74, 6) is -5.48. The molecule has 0 bridgehead atoms. The summed E-state index contributed by atoms with van der Waals surface area (Å²) in [5, 5.41) is 27.0. The number of aromatic nitrogens is 1. The first-order valence-electron chi connectivity index (χ1n) is 13.0. The first-order valence-corrected chi connectivity index (χ1v) is 13.0. The summed E-state index contributed by atoms with van der Waals surface area (Å²) in [7, 11) is 0. The maximum absolute atomic E-state index is 13.4. The van der Waals surface area contributed by atoms with Crippen molar-refractivity contribution in [2.75, 3.05) is 6.54 Å². The minimum atomic E-state index is -1.39. The molecule has 41 heavy (non-hydrogen) atoms. The lowest BCUT2D eigenvalue weighted by Crippen LogP contribution is -2.59. The van der Waals surface area contributed by atoms with E-state index in [2.05, 4.69) is 25.9 Å². The molecule has 1 heterocycles. The molecule has 0 saturated carbocycles. The number of fused-ring (bicyclic) bond motifs is 1. The number of aromatic amines is 1. The third-order valence-electron chi connectivity index (χ3n) is 6.27. The maximum atomic E-state index is 13.4. The number of para-hydroxylation sites is 1. The fourth-order valence-corrected chi connectivity index (χ4v) is 4.10. The van der Waals surface area contributed by atoms with Gasteiger partial charge in [-0.1, -0.05) is 32.0 Å². The number of carbonyl (C=O) groups is 5. The van der Waals surface area contributed by atoms with Crippen molar-refractivity contribution >= 4 is 46.5 Å². The van der Waals surface area contributed by atoms with E-state index in [1.165, 1.54) is 0 Å². The van der Waals surface area contributed by atoms with Crippen LogP contribution in [0, 0.1) is 5.92 Å². The van der Waals surface area contributed by atoms with Crippen LogP contribution in [0.3, 0.4) is 0 Å². The van der Waals surface area contributed by atoms with Crippen LogP contribution in [-0.4, -0.2) is 81.5 Å². The molecule has 4 unspecified atom stereocenters. The average molecular weight is 575 g/mol. The van der Waals surface area contributed by atoms with E-state index in [4.69, 9.17) is 22.3 Å². The zero-order valence-corrected chi connectivity index (χ0v) is 22.9. The van der Waals surface area contributed by atoms with Gasteiger partial charge in [0.05, 0.1) is 12.5 Å². The number of hydrogen-bond acceptors (Lipinski definition) is 7. The number of H-pyrrole nitrogens is 1. The van der Waals surface area contributed by atoms with Crippen molar-refractivity contribution in [3.05, 3.63) is 36.0 Å². The summed E-state index contributed by atoms with van der Waals surface area (Å²) in [6.45, 7) is 3.47. The van der Waals surface area contributed by atoms with Gasteiger partial charge in [-0.25, -0.2) is 4.79 Å². The van der Waals surface area contributed by atoms with Crippen LogP contribution >= 0.6 is 0 Å². The summed E-state index contributed by atoms with van der Waals surface area (Å²) in [4.78, 5) is 68.9. The Labute approximate surface area is 236 Å². The standard InChI is InChI=1S/C26H38N8O7/c1-13(2)21(34-22(37)16(27)11-20(35)36)24(39)33-19(10-14-12-31-17-7-4-3-6-15(14)17)23(38)32-18(25(40)41)8-5-9-30-26(28)29/h3-4,6-7,12-13,16,18-19,21,31H,5,8-11,27H2,1-2H3,(H,32,38)(H,33,39)(H,34,37)(H,35,36)(H,40,41)(H4,28,29,30). The first-order chi connectivity index (χ1) is 19.3. The Balaban J connectivity index is 2.28. The molecule has 1 aromatic heterocycles. The summed E-state index contributed by atoms with van der Waals surface area (Å²) in [6, 6.07) is 2.27. The summed E-state index contributed by atoms with van der Waals surface area (Å²) < 4.78 is 0. The summed E-state index contributed by atoms with van der Waals surface area (Å²) >= 11 is 0. The fraction of sp³-hybridized carbons (Fsp3) is 0.462. The van der Waals surface area contributed by atoms with E-state index < -0.39 is 66.2 Å². The van der Waals surface area contributed by atoms with Crippen molar-refractivity contribution in [3.63, 3.8) is 0 Å². The predicted octanol–water partition coefficient (Wildman–Crippen LogP) is -1.24. The van der Waals surface area contributed by atoms with Gasteiger partial charge >= 0.3 is 11.9 Å². The number of nitrogens with one attached hydrogen (secondary N) is 4. The van der Waals surface area contributed by atoms with Crippen molar-refractivity contribution in [1.29, 1.82) is 0 Å². The van der Waals surface area contributed by atoms with Gasteiger partial charge in [0.2, 0.25) is 17.7 Å². The normalized spacial score (nSPS) is 14.0. The monoisotopic (exact) mass is 574 g/mol. The number of rotatable bonds is 16. The molecular formula is C26H38N8O7. The molecule has 0 fully saturated rings. The quantitative estimate of drug-likeness (QED) is 0.0653. The molecule has 2 rings (SSSR count). The van der Waals surface area contributed by atoms with Crippen molar-refractivity contribution in [2.45, 2.75) is 63.7 Å². The van der Waals surface area contributed by atoms with E-state index in [1.54, 1.807) is 20.0 Å². The smallest absolute Gasteiger partial charge is 0.326 e. The largest absolute Gasteiger partial charge is 0.481 e. The second kappa shape index (κ2) is 15.2. The van der Waals surface area contributed by atoms with Crippen molar-refractivity contribution in [1.82, 2.24) is 20.9 Å². The van der Waals surface area contributed by atoms with E-state index in [9.17, 15) is 29.1 Å². The average Bonchev–Trinajstić information content (AvgIpc) is 3.30. The Kier molecular flexibility index (Phi) is 12.1. The minimum absolute atomic E-state index is 0.000778. The van der Waals surface area contributed by atoms with Gasteiger partial charge in [0, 0.05) is 30.1 Å². The fourth-order valence-electron chi connectivity index (χ4n) is 4.10. The van der Waals surface area contributed by atoms with Crippen LogP contribution < -0.4 is 33.2 Å². The maximum Gasteiger partial charge on any atom is 0.326 e. The molecule has 1 aromatic carbocycles. The Hall–Kier alpha value is -4.66. The number of nitrogens with zero attached hydrogens (tertiary/aromatic N) is 1. The third-order valence-corrected chi connectivity index (χ3v) is 6.27. The molecule has 4 atom stereocenters. The molecule has 0 aliphatic carbocycles. The Morgan fingerprint density at radius 1 is 0.951 bits per heavy atom. The lowest BCUT2D eigenvalue weighted by Gasteiger charge is -2.27. The van der Waals surface area contributed by atoms with Gasteiger partial charge in [0.15, 0.2) is 5.96 Å². The second-order valence-corrected chi connectivity index (χ2v) is 9.91. The van der Waals surface area contributed by atoms with Gasteiger partial charge in [-0.15, -0.1) is 0 Å². The number of aliphatic imine (C=N–C) groups is 1. The molecule has 0 aliphatic rings. The third kappa shape index (κ3) is 10.1. The number of aliphatic carboxylic acids is 2. The van der Waals surface area contributed by atoms with Crippen LogP contribution in [0.25, 0.3) is 10.9 Å². The lowest BCUT2D eigenvalue weighted by atomic mass is 9.99. The molecule has 224 valence electrons. The van der Waals surface area contributed by atoms with Gasteiger partial charge in [-0.05, 0) is 30.4 Å². The van der Waals surface area contributed by atoms with Crippen LogP contribution in [0.4, 0.5) is 0 Å². The van der Waals surface area contributed by atoms with Crippen LogP contribution in [0.15, 0.2) is 35.5 Å². The van der Waals surface area contributed by atoms with Crippen LogP contribution in [-0.2, 0) is 30.4 Å². The number of benzene rings is 1. The van der Waals surface area contributed by atoms with E-state index in [-0.39, 0.29) is 31.8 Å². The first kappa shape index (κ1) is 32.6. The van der Waals surface area contributed by atoms with E-state index in [1.807, 2.05) is 24.3 Å². The Morgan fingerprint density at radius 3 is 2.22 bits per heavy atom. The molecule has 15 nitrogen and oxygen atoms in total. The molecule has 12 N–H and O–H groups in total. The molecule has 15 heteroatoms. The number of amides is 3. The SMILES string of the molecule is CC(C)C(NC(=O)C(N)CC(=O)O)C(=O)NC(Cc1c[nH]c2ccccc12)C(=O)NC(CCCN=C(N)N)C(=O)O. The highest BCUT2D eigenvalue weighted by molar-refractivity contribution is 5.95. The van der Waals surface area contributed by atoms with E-state index in [0.717, 1.165) is 10.9 Å². The van der Waals surface area contributed by atoms with E-state index in [0.29, 0.717) is 5.56 Å². The van der Waals surface area contributed by atoms with Crippen molar-refractivity contribution < 1.29 is 34.2 Å². The van der Waals surface area contributed by atoms with Gasteiger partial charge < -0.3 is 48.3 Å². The topological polar surface area (TPSA) is 268 Å². The van der Waals surface area contributed by atoms with Crippen molar-refractivity contribution in [3.8, 4) is 0 Å². The molecular weight excluding hydrogens is 536 g/mol. The van der Waals surface area contributed by atoms with Gasteiger partial charge in [0.1, 0.15) is 18.1 Å².